The van der Waals surface area contributed by atoms with Crippen LogP contribution >= 0.6 is 11.8 Å². The van der Waals surface area contributed by atoms with Gasteiger partial charge in [0.1, 0.15) is 4.75 Å². The van der Waals surface area contributed by atoms with Gasteiger partial charge in [0.15, 0.2) is 0 Å². The molecule has 5 heteroatoms. The van der Waals surface area contributed by atoms with Crippen LogP contribution in [0.25, 0.3) is 0 Å². The minimum atomic E-state index is -1.09. The Balaban J connectivity index is 2.22. The summed E-state index contributed by atoms with van der Waals surface area (Å²) in [4.78, 5) is 24.3. The van der Waals surface area contributed by atoms with Crippen molar-refractivity contribution in [1.82, 2.24) is 5.06 Å². The number of nitrogens with zero attached hydrogens (tertiary/aromatic N) is 1. The molecule has 0 unspecified atom stereocenters. The Morgan fingerprint density at radius 2 is 1.38 bits per heavy atom. The summed E-state index contributed by atoms with van der Waals surface area (Å²) >= 11 is 1.24. The average Bonchev–Trinajstić information content (AvgIpc) is 2.55. The third-order valence-electron chi connectivity index (χ3n) is 3.50. The van der Waals surface area contributed by atoms with Crippen molar-refractivity contribution in [1.29, 1.82) is 0 Å². The van der Waals surface area contributed by atoms with Crippen LogP contribution in [0.1, 0.15) is 11.1 Å². The number of hydroxylamine groups is 2. The highest BCUT2D eigenvalue weighted by Gasteiger charge is 2.50. The molecule has 1 saturated heterocycles. The van der Waals surface area contributed by atoms with Gasteiger partial charge in [0.2, 0.25) is 0 Å². The highest BCUT2D eigenvalue weighted by atomic mass is 32.2. The summed E-state index contributed by atoms with van der Waals surface area (Å²) in [6.07, 6.45) is 0. The molecule has 0 aromatic heterocycles. The molecule has 4 nitrogen and oxygen atoms in total. The molecule has 1 aliphatic rings. The second kappa shape index (κ2) is 5.35. The van der Waals surface area contributed by atoms with Gasteiger partial charge < -0.3 is 0 Å². The van der Waals surface area contributed by atoms with E-state index < -0.39 is 16.6 Å². The Morgan fingerprint density at radius 3 is 1.86 bits per heavy atom. The fourth-order valence-electron chi connectivity index (χ4n) is 2.48. The minimum Gasteiger partial charge on any atom is -0.278 e. The summed E-state index contributed by atoms with van der Waals surface area (Å²) in [6, 6.07) is 18.4. The molecule has 0 aliphatic carbocycles. The normalized spacial score (nSPS) is 17.9. The van der Waals surface area contributed by atoms with Gasteiger partial charge in [0.25, 0.3) is 11.8 Å². The first-order valence-corrected chi connectivity index (χ1v) is 7.46. The molecule has 1 heterocycles. The molecule has 0 saturated carbocycles. The van der Waals surface area contributed by atoms with Gasteiger partial charge in [-0.05, 0) is 11.1 Å². The zero-order chi connectivity index (χ0) is 14.9. The van der Waals surface area contributed by atoms with Gasteiger partial charge in [0, 0.05) is 0 Å². The van der Waals surface area contributed by atoms with Crippen molar-refractivity contribution in [3.8, 4) is 0 Å². The predicted octanol–water partition coefficient (Wildman–Crippen LogP) is 2.42. The molecule has 2 aromatic rings. The van der Waals surface area contributed by atoms with E-state index >= 15 is 0 Å². The molecule has 1 N–H and O–H groups in total. The molecule has 0 bridgehead atoms. The molecule has 0 atom stereocenters. The summed E-state index contributed by atoms with van der Waals surface area (Å²) < 4.78 is -1.09. The molecular formula is C16H13NO3S. The zero-order valence-corrected chi connectivity index (χ0v) is 11.9. The van der Waals surface area contributed by atoms with Gasteiger partial charge >= 0.3 is 0 Å². The lowest BCUT2D eigenvalue weighted by atomic mass is 9.89. The van der Waals surface area contributed by atoms with Crippen LogP contribution in [0.5, 0.6) is 0 Å². The Morgan fingerprint density at radius 1 is 0.905 bits per heavy atom. The lowest BCUT2D eigenvalue weighted by molar-refractivity contribution is -0.179. The van der Waals surface area contributed by atoms with E-state index in [0.29, 0.717) is 0 Å². The molecule has 106 valence electrons. The number of hydrogen-bond acceptors (Lipinski definition) is 4. The molecular weight excluding hydrogens is 286 g/mol. The molecule has 3 rings (SSSR count). The van der Waals surface area contributed by atoms with Crippen LogP contribution in [0, 0.1) is 0 Å². The summed E-state index contributed by atoms with van der Waals surface area (Å²) in [7, 11) is 0. The van der Waals surface area contributed by atoms with E-state index in [9.17, 15) is 14.8 Å². The number of imide groups is 1. The Labute approximate surface area is 126 Å². The standard InChI is InChI=1S/C16H13NO3S/c18-14-11-21-16(15(19)17(14)20,12-7-3-1-4-8-12)13-9-5-2-6-10-13/h1-10,20H,11H2. The van der Waals surface area contributed by atoms with Crippen LogP contribution in [0.15, 0.2) is 60.7 Å². The molecule has 1 fully saturated rings. The summed E-state index contributed by atoms with van der Waals surface area (Å²) in [5.74, 6) is -1.17. The van der Waals surface area contributed by atoms with Crippen LogP contribution in [-0.4, -0.2) is 27.8 Å². The van der Waals surface area contributed by atoms with Crippen molar-refractivity contribution in [3.63, 3.8) is 0 Å². The third-order valence-corrected chi connectivity index (χ3v) is 4.97. The fourth-order valence-corrected chi connectivity index (χ4v) is 3.76. The first-order valence-electron chi connectivity index (χ1n) is 6.47. The second-order valence-corrected chi connectivity index (χ2v) is 5.90. The zero-order valence-electron chi connectivity index (χ0n) is 11.1. The smallest absolute Gasteiger partial charge is 0.278 e. The van der Waals surface area contributed by atoms with Crippen LogP contribution in [0.4, 0.5) is 0 Å². The molecule has 1 aliphatic heterocycles. The molecule has 0 radical (unpaired) electrons. The minimum absolute atomic E-state index is 0.0476. The first kappa shape index (κ1) is 13.9. The number of hydrogen-bond donors (Lipinski definition) is 1. The quantitative estimate of drug-likeness (QED) is 0.683. The van der Waals surface area contributed by atoms with E-state index in [1.165, 1.54) is 11.8 Å². The monoisotopic (exact) mass is 299 g/mol. The molecule has 2 amide bonds. The van der Waals surface area contributed by atoms with Crippen LogP contribution < -0.4 is 0 Å². The van der Waals surface area contributed by atoms with Gasteiger partial charge in [-0.15, -0.1) is 11.8 Å². The first-order chi connectivity index (χ1) is 10.2. The molecule has 0 spiro atoms. The van der Waals surface area contributed by atoms with Crippen molar-refractivity contribution in [2.45, 2.75) is 4.75 Å². The largest absolute Gasteiger partial charge is 0.278 e. The van der Waals surface area contributed by atoms with Crippen LogP contribution in [-0.2, 0) is 14.3 Å². The van der Waals surface area contributed by atoms with Crippen LogP contribution in [0.2, 0.25) is 0 Å². The number of amides is 2. The van der Waals surface area contributed by atoms with Gasteiger partial charge in [0.05, 0.1) is 5.75 Å². The SMILES string of the molecule is O=C1CSC(c2ccccc2)(c2ccccc2)C(=O)N1O. The number of thioether (sulfide) groups is 1. The van der Waals surface area contributed by atoms with Crippen molar-refractivity contribution >= 4 is 23.6 Å². The van der Waals surface area contributed by atoms with E-state index in [4.69, 9.17) is 0 Å². The predicted molar refractivity (Wildman–Crippen MR) is 79.8 cm³/mol. The van der Waals surface area contributed by atoms with Crippen molar-refractivity contribution in [3.05, 3.63) is 71.8 Å². The van der Waals surface area contributed by atoms with Crippen molar-refractivity contribution in [2.75, 3.05) is 5.75 Å². The summed E-state index contributed by atoms with van der Waals surface area (Å²) in [5.41, 5.74) is 1.50. The van der Waals surface area contributed by atoms with E-state index in [-0.39, 0.29) is 10.8 Å². The van der Waals surface area contributed by atoms with E-state index in [1.807, 2.05) is 60.7 Å². The highest BCUT2D eigenvalue weighted by molar-refractivity contribution is 8.02. The fraction of sp³-hybridized carbons (Fsp3) is 0.125. The number of carbonyl (C=O) groups excluding carboxylic acids is 2. The molecule has 2 aromatic carbocycles. The number of rotatable bonds is 2. The average molecular weight is 299 g/mol. The van der Waals surface area contributed by atoms with E-state index in [2.05, 4.69) is 0 Å². The van der Waals surface area contributed by atoms with Crippen molar-refractivity contribution in [2.24, 2.45) is 0 Å². The maximum atomic E-state index is 12.7. The lowest BCUT2D eigenvalue weighted by Gasteiger charge is -2.38. The topological polar surface area (TPSA) is 57.6 Å². The van der Waals surface area contributed by atoms with Gasteiger partial charge in [-0.1, -0.05) is 60.7 Å². The number of carbonyl (C=O) groups is 2. The maximum absolute atomic E-state index is 12.7. The summed E-state index contributed by atoms with van der Waals surface area (Å²) in [6.45, 7) is 0. The number of benzene rings is 2. The Bertz CT molecular complexity index is 633. The molecule has 21 heavy (non-hydrogen) atoms. The van der Waals surface area contributed by atoms with Gasteiger partial charge in [-0.2, -0.15) is 5.06 Å². The lowest BCUT2D eigenvalue weighted by Crippen LogP contribution is -2.52. The summed E-state index contributed by atoms with van der Waals surface area (Å²) in [5, 5.41) is 10.1. The van der Waals surface area contributed by atoms with E-state index in [1.54, 1.807) is 0 Å². The van der Waals surface area contributed by atoms with Gasteiger partial charge in [-0.3, -0.25) is 14.8 Å². The van der Waals surface area contributed by atoms with Crippen molar-refractivity contribution < 1.29 is 14.8 Å². The Kier molecular flexibility index (Phi) is 3.53. The highest BCUT2D eigenvalue weighted by Crippen LogP contribution is 2.46. The van der Waals surface area contributed by atoms with E-state index in [0.717, 1.165) is 11.1 Å². The Hall–Kier alpha value is -2.11. The maximum Gasteiger partial charge on any atom is 0.278 e. The third kappa shape index (κ3) is 2.14. The van der Waals surface area contributed by atoms with Gasteiger partial charge in [-0.25, -0.2) is 0 Å². The second-order valence-electron chi connectivity index (χ2n) is 4.71. The van der Waals surface area contributed by atoms with Crippen LogP contribution in [0.3, 0.4) is 0 Å².